The lowest BCUT2D eigenvalue weighted by atomic mass is 9.96. The smallest absolute Gasteiger partial charge is 0.272 e. The van der Waals surface area contributed by atoms with Gasteiger partial charge in [-0.2, -0.15) is 5.10 Å². The van der Waals surface area contributed by atoms with E-state index in [2.05, 4.69) is 15.7 Å². The fraction of sp³-hybridized carbons (Fsp3) is 0.250. The molecule has 0 aliphatic carbocycles. The predicted molar refractivity (Wildman–Crippen MR) is 124 cm³/mol. The molecule has 33 heavy (non-hydrogen) atoms. The SMILES string of the molecule is CN1C(=O)c2cc(C(=O)NCc3ccc(Cl)cc3)nn2C[C@@]1(C)C(=O)NCc1ccccc1. The monoisotopic (exact) mass is 465 g/mol. The Morgan fingerprint density at radius 1 is 1.03 bits per heavy atom. The highest BCUT2D eigenvalue weighted by molar-refractivity contribution is 6.30. The summed E-state index contributed by atoms with van der Waals surface area (Å²) in [5.41, 5.74) is 1.08. The van der Waals surface area contributed by atoms with Gasteiger partial charge < -0.3 is 15.5 Å². The molecule has 2 N–H and O–H groups in total. The van der Waals surface area contributed by atoms with Gasteiger partial charge in [-0.3, -0.25) is 19.1 Å². The van der Waals surface area contributed by atoms with Gasteiger partial charge in [0, 0.05) is 31.2 Å². The molecule has 1 aliphatic rings. The number of amides is 3. The van der Waals surface area contributed by atoms with Gasteiger partial charge in [0.05, 0.1) is 6.54 Å². The Labute approximate surface area is 196 Å². The van der Waals surface area contributed by atoms with Crippen molar-refractivity contribution in [1.29, 1.82) is 0 Å². The molecule has 170 valence electrons. The van der Waals surface area contributed by atoms with E-state index in [9.17, 15) is 14.4 Å². The van der Waals surface area contributed by atoms with Gasteiger partial charge in [0.2, 0.25) is 5.91 Å². The van der Waals surface area contributed by atoms with Crippen LogP contribution in [0.15, 0.2) is 60.7 Å². The van der Waals surface area contributed by atoms with Crippen LogP contribution >= 0.6 is 11.6 Å². The van der Waals surface area contributed by atoms with Crippen LogP contribution in [0, 0.1) is 0 Å². The van der Waals surface area contributed by atoms with Crippen molar-refractivity contribution in [2.75, 3.05) is 7.05 Å². The van der Waals surface area contributed by atoms with Crippen LogP contribution in [0.25, 0.3) is 0 Å². The molecular formula is C24H24ClN5O3. The average molecular weight is 466 g/mol. The minimum atomic E-state index is -1.15. The normalized spacial score (nSPS) is 17.4. The van der Waals surface area contributed by atoms with Crippen molar-refractivity contribution in [2.24, 2.45) is 0 Å². The van der Waals surface area contributed by atoms with Crippen molar-refractivity contribution in [3.05, 3.63) is 88.2 Å². The summed E-state index contributed by atoms with van der Waals surface area (Å²) >= 11 is 5.89. The van der Waals surface area contributed by atoms with Crippen LogP contribution in [0.1, 0.15) is 39.0 Å². The van der Waals surface area contributed by atoms with Crippen molar-refractivity contribution < 1.29 is 14.4 Å². The van der Waals surface area contributed by atoms with Gasteiger partial charge in [0.25, 0.3) is 11.8 Å². The minimum Gasteiger partial charge on any atom is -0.350 e. The molecule has 0 saturated carbocycles. The number of aromatic nitrogens is 2. The van der Waals surface area contributed by atoms with Gasteiger partial charge in [-0.25, -0.2) is 0 Å². The molecule has 0 unspecified atom stereocenters. The molecular weight excluding hydrogens is 442 g/mol. The molecule has 9 heteroatoms. The molecule has 1 aliphatic heterocycles. The summed E-state index contributed by atoms with van der Waals surface area (Å²) in [6.07, 6.45) is 0. The largest absolute Gasteiger partial charge is 0.350 e. The Bertz CT molecular complexity index is 1190. The van der Waals surface area contributed by atoms with Crippen molar-refractivity contribution in [3.8, 4) is 0 Å². The Balaban J connectivity index is 1.47. The van der Waals surface area contributed by atoms with Crippen LogP contribution in [0.2, 0.25) is 5.02 Å². The molecule has 1 aromatic heterocycles. The summed E-state index contributed by atoms with van der Waals surface area (Å²) < 4.78 is 1.43. The summed E-state index contributed by atoms with van der Waals surface area (Å²) in [6.45, 7) is 2.47. The van der Waals surface area contributed by atoms with Crippen LogP contribution < -0.4 is 10.6 Å². The average Bonchev–Trinajstić information content (AvgIpc) is 3.25. The van der Waals surface area contributed by atoms with Gasteiger partial charge in [0.15, 0.2) is 5.69 Å². The van der Waals surface area contributed by atoms with Gasteiger partial charge in [-0.05, 0) is 30.2 Å². The standard InChI is InChI=1S/C24H24ClN5O3/c1-24(23(33)27-14-16-6-4-3-5-7-16)15-30-20(22(32)29(24)2)12-19(28-30)21(31)26-13-17-8-10-18(25)11-9-17/h3-12H,13-15H2,1-2H3,(H,26,31)(H,27,33)/t24-/m0/s1. The molecule has 3 aromatic rings. The molecule has 0 spiro atoms. The number of halogens is 1. The number of rotatable bonds is 6. The number of carbonyl (C=O) groups is 3. The highest BCUT2D eigenvalue weighted by Gasteiger charge is 2.46. The van der Waals surface area contributed by atoms with Crippen LogP contribution in [0.3, 0.4) is 0 Å². The third-order valence-corrected chi connectivity index (χ3v) is 6.14. The minimum absolute atomic E-state index is 0.120. The molecule has 8 nitrogen and oxygen atoms in total. The molecule has 0 saturated heterocycles. The predicted octanol–water partition coefficient (Wildman–Crippen LogP) is 2.63. The zero-order valence-corrected chi connectivity index (χ0v) is 19.1. The second kappa shape index (κ2) is 9.07. The second-order valence-electron chi connectivity index (χ2n) is 8.19. The lowest BCUT2D eigenvalue weighted by molar-refractivity contribution is -0.132. The van der Waals surface area contributed by atoms with E-state index in [1.54, 1.807) is 26.1 Å². The first-order valence-electron chi connectivity index (χ1n) is 10.5. The van der Waals surface area contributed by atoms with E-state index in [4.69, 9.17) is 11.6 Å². The van der Waals surface area contributed by atoms with E-state index >= 15 is 0 Å². The number of nitrogens with zero attached hydrogens (tertiary/aromatic N) is 3. The maximum atomic E-state index is 13.0. The number of carbonyl (C=O) groups excluding carboxylic acids is 3. The number of fused-ring (bicyclic) bond motifs is 1. The molecule has 4 rings (SSSR count). The number of hydrogen-bond donors (Lipinski definition) is 2. The topological polar surface area (TPSA) is 96.3 Å². The van der Waals surface area contributed by atoms with E-state index < -0.39 is 11.4 Å². The van der Waals surface area contributed by atoms with Gasteiger partial charge in [0.1, 0.15) is 11.2 Å². The molecule has 2 aromatic carbocycles. The summed E-state index contributed by atoms with van der Waals surface area (Å²) in [4.78, 5) is 40.1. The van der Waals surface area contributed by atoms with E-state index in [1.165, 1.54) is 15.6 Å². The summed E-state index contributed by atoms with van der Waals surface area (Å²) in [5, 5.41) is 10.6. The summed E-state index contributed by atoms with van der Waals surface area (Å²) in [7, 11) is 1.58. The van der Waals surface area contributed by atoms with Gasteiger partial charge in [-0.15, -0.1) is 0 Å². The van der Waals surface area contributed by atoms with Crippen LogP contribution in [0.5, 0.6) is 0 Å². The maximum absolute atomic E-state index is 13.0. The third-order valence-electron chi connectivity index (χ3n) is 5.89. The number of benzene rings is 2. The van der Waals surface area contributed by atoms with Crippen molar-refractivity contribution in [2.45, 2.75) is 32.1 Å². The molecule has 0 bridgehead atoms. The zero-order valence-electron chi connectivity index (χ0n) is 18.3. The quantitative estimate of drug-likeness (QED) is 0.585. The van der Waals surface area contributed by atoms with Crippen molar-refractivity contribution >= 4 is 29.3 Å². The van der Waals surface area contributed by atoms with Crippen molar-refractivity contribution in [3.63, 3.8) is 0 Å². The first kappa shape index (κ1) is 22.5. The maximum Gasteiger partial charge on any atom is 0.272 e. The number of likely N-dealkylation sites (N-methyl/N-ethyl adjacent to an activating group) is 1. The van der Waals surface area contributed by atoms with Crippen LogP contribution in [-0.2, 0) is 24.4 Å². The van der Waals surface area contributed by atoms with E-state index in [-0.39, 0.29) is 29.7 Å². The van der Waals surface area contributed by atoms with E-state index in [0.29, 0.717) is 18.1 Å². The Kier molecular flexibility index (Phi) is 6.20. The van der Waals surface area contributed by atoms with E-state index in [0.717, 1.165) is 11.1 Å². The van der Waals surface area contributed by atoms with Crippen molar-refractivity contribution in [1.82, 2.24) is 25.3 Å². The molecule has 3 amide bonds. The van der Waals surface area contributed by atoms with Gasteiger partial charge in [-0.1, -0.05) is 54.1 Å². The molecule has 0 fully saturated rings. The van der Waals surface area contributed by atoms with E-state index in [1.807, 2.05) is 42.5 Å². The van der Waals surface area contributed by atoms with Crippen LogP contribution in [-0.4, -0.2) is 45.0 Å². The first-order valence-corrected chi connectivity index (χ1v) is 10.9. The lowest BCUT2D eigenvalue weighted by Crippen LogP contribution is -2.62. The summed E-state index contributed by atoms with van der Waals surface area (Å²) in [5.74, 6) is -1.07. The highest BCUT2D eigenvalue weighted by atomic mass is 35.5. The molecule has 1 atom stereocenters. The Morgan fingerprint density at radius 3 is 2.36 bits per heavy atom. The fourth-order valence-electron chi connectivity index (χ4n) is 3.68. The molecule has 0 radical (unpaired) electrons. The highest BCUT2D eigenvalue weighted by Crippen LogP contribution is 2.26. The van der Waals surface area contributed by atoms with Gasteiger partial charge >= 0.3 is 0 Å². The Morgan fingerprint density at radius 2 is 1.67 bits per heavy atom. The Hall–Kier alpha value is -3.65. The first-order chi connectivity index (χ1) is 15.8. The lowest BCUT2D eigenvalue weighted by Gasteiger charge is -2.40. The third kappa shape index (κ3) is 4.61. The van der Waals surface area contributed by atoms with Crippen LogP contribution in [0.4, 0.5) is 0 Å². The number of hydrogen-bond acceptors (Lipinski definition) is 4. The molecule has 2 heterocycles. The number of nitrogens with one attached hydrogen (secondary N) is 2. The summed E-state index contributed by atoms with van der Waals surface area (Å²) in [6, 6.07) is 18.1. The second-order valence-corrected chi connectivity index (χ2v) is 8.62. The zero-order chi connectivity index (χ0) is 23.6. The fourth-order valence-corrected chi connectivity index (χ4v) is 3.81.